The predicted molar refractivity (Wildman–Crippen MR) is 59.5 cm³/mol. The van der Waals surface area contributed by atoms with Gasteiger partial charge in [0.25, 0.3) is 0 Å². The molecule has 1 amide bonds. The van der Waals surface area contributed by atoms with Gasteiger partial charge in [0.15, 0.2) is 0 Å². The molecule has 4 N–H and O–H groups in total. The fourth-order valence-corrected chi connectivity index (χ4v) is 2.07. The van der Waals surface area contributed by atoms with Crippen LogP contribution in [0.5, 0.6) is 0 Å². The van der Waals surface area contributed by atoms with E-state index in [-0.39, 0.29) is 18.6 Å². The van der Waals surface area contributed by atoms with Gasteiger partial charge in [0.2, 0.25) is 5.91 Å². The number of carbonyl (C=O) groups excluding carboxylic acids is 1. The Balaban J connectivity index is 2.81. The standard InChI is InChI=1S/C9H19BN2O4/c1-6(11-2)9(14)12-7(5-13)3-4-8(12)10(15)16/h6-8,11,13,15-16H,3-5H2,1-2H3/t6-,7?,8?/m0/s1. The molecule has 1 rings (SSSR count). The summed E-state index contributed by atoms with van der Waals surface area (Å²) in [6.45, 7) is 1.56. The summed E-state index contributed by atoms with van der Waals surface area (Å²) in [5, 5.41) is 30.4. The van der Waals surface area contributed by atoms with E-state index < -0.39 is 19.1 Å². The van der Waals surface area contributed by atoms with Crippen molar-refractivity contribution >= 4 is 13.0 Å². The van der Waals surface area contributed by atoms with Crippen molar-refractivity contribution in [2.75, 3.05) is 13.7 Å². The smallest absolute Gasteiger partial charge is 0.426 e. The summed E-state index contributed by atoms with van der Waals surface area (Å²) in [5.41, 5.74) is 0. The van der Waals surface area contributed by atoms with E-state index >= 15 is 0 Å². The van der Waals surface area contributed by atoms with E-state index in [2.05, 4.69) is 5.32 Å². The number of likely N-dealkylation sites (tertiary alicyclic amines) is 1. The second kappa shape index (κ2) is 5.63. The van der Waals surface area contributed by atoms with E-state index in [4.69, 9.17) is 5.11 Å². The van der Waals surface area contributed by atoms with Crippen LogP contribution in [0.15, 0.2) is 0 Å². The van der Waals surface area contributed by atoms with Crippen molar-refractivity contribution in [3.8, 4) is 0 Å². The predicted octanol–water partition coefficient (Wildman–Crippen LogP) is -2.04. The van der Waals surface area contributed by atoms with E-state index in [1.54, 1.807) is 14.0 Å². The molecule has 1 aliphatic heterocycles. The fourth-order valence-electron chi connectivity index (χ4n) is 2.07. The lowest BCUT2D eigenvalue weighted by Crippen LogP contribution is -2.54. The monoisotopic (exact) mass is 230 g/mol. The van der Waals surface area contributed by atoms with Crippen LogP contribution in [0, 0.1) is 0 Å². The highest BCUT2D eigenvalue weighted by Crippen LogP contribution is 2.25. The molecule has 3 atom stereocenters. The molecule has 0 spiro atoms. The van der Waals surface area contributed by atoms with Gasteiger partial charge in [0.1, 0.15) is 0 Å². The van der Waals surface area contributed by atoms with Gasteiger partial charge in [-0.2, -0.15) is 0 Å². The molecular formula is C9H19BN2O4. The van der Waals surface area contributed by atoms with Gasteiger partial charge in [0, 0.05) is 0 Å². The number of nitrogens with zero attached hydrogens (tertiary/aromatic N) is 1. The van der Waals surface area contributed by atoms with Crippen LogP contribution in [0.3, 0.4) is 0 Å². The first-order valence-electron chi connectivity index (χ1n) is 5.49. The molecule has 2 unspecified atom stereocenters. The maximum absolute atomic E-state index is 12.0. The Morgan fingerprint density at radius 1 is 1.56 bits per heavy atom. The van der Waals surface area contributed by atoms with Crippen LogP contribution >= 0.6 is 0 Å². The van der Waals surface area contributed by atoms with Gasteiger partial charge in [-0.1, -0.05) is 0 Å². The first-order valence-corrected chi connectivity index (χ1v) is 5.49. The third-order valence-electron chi connectivity index (χ3n) is 3.16. The highest BCUT2D eigenvalue weighted by Gasteiger charge is 2.43. The van der Waals surface area contributed by atoms with Gasteiger partial charge in [-0.25, -0.2) is 0 Å². The van der Waals surface area contributed by atoms with Gasteiger partial charge in [-0.05, 0) is 26.8 Å². The van der Waals surface area contributed by atoms with Crippen LogP contribution in [0.2, 0.25) is 0 Å². The molecule has 1 fully saturated rings. The molecule has 0 aromatic rings. The molecule has 0 radical (unpaired) electrons. The van der Waals surface area contributed by atoms with Crippen molar-refractivity contribution in [2.24, 2.45) is 0 Å². The lowest BCUT2D eigenvalue weighted by atomic mass is 9.78. The minimum atomic E-state index is -1.55. The van der Waals surface area contributed by atoms with Gasteiger partial charge in [0.05, 0.1) is 24.6 Å². The minimum Gasteiger partial charge on any atom is -0.426 e. The molecule has 92 valence electrons. The summed E-state index contributed by atoms with van der Waals surface area (Å²) < 4.78 is 0. The zero-order valence-electron chi connectivity index (χ0n) is 9.63. The average molecular weight is 230 g/mol. The SMILES string of the molecule is CN[C@@H](C)C(=O)N1C(CO)CCC1B(O)O. The lowest BCUT2D eigenvalue weighted by molar-refractivity contribution is -0.135. The van der Waals surface area contributed by atoms with Crippen LogP contribution in [0.1, 0.15) is 19.8 Å². The van der Waals surface area contributed by atoms with E-state index in [1.165, 1.54) is 4.90 Å². The summed E-state index contributed by atoms with van der Waals surface area (Å²) in [7, 11) is 0.112. The zero-order valence-corrected chi connectivity index (χ0v) is 9.63. The normalized spacial score (nSPS) is 26.9. The average Bonchev–Trinajstić information content (AvgIpc) is 2.70. The first kappa shape index (κ1) is 13.4. The highest BCUT2D eigenvalue weighted by molar-refractivity contribution is 6.43. The van der Waals surface area contributed by atoms with Crippen molar-refractivity contribution in [1.29, 1.82) is 0 Å². The van der Waals surface area contributed by atoms with Gasteiger partial charge < -0.3 is 25.4 Å². The minimum absolute atomic E-state index is 0.147. The Morgan fingerprint density at radius 2 is 2.19 bits per heavy atom. The Morgan fingerprint density at radius 3 is 2.62 bits per heavy atom. The van der Waals surface area contributed by atoms with Gasteiger partial charge in [-0.15, -0.1) is 0 Å². The summed E-state index contributed by atoms with van der Waals surface area (Å²) >= 11 is 0. The Labute approximate surface area is 95.4 Å². The highest BCUT2D eigenvalue weighted by atomic mass is 16.4. The molecule has 16 heavy (non-hydrogen) atoms. The molecule has 0 aromatic heterocycles. The summed E-state index contributed by atoms with van der Waals surface area (Å²) in [6.07, 6.45) is 1.10. The van der Waals surface area contributed by atoms with Gasteiger partial charge in [-0.3, -0.25) is 4.79 Å². The van der Waals surface area contributed by atoms with Crippen LogP contribution in [0.25, 0.3) is 0 Å². The van der Waals surface area contributed by atoms with Crippen LogP contribution in [0.4, 0.5) is 0 Å². The third kappa shape index (κ3) is 2.54. The van der Waals surface area contributed by atoms with Crippen LogP contribution in [-0.2, 0) is 4.79 Å². The number of likely N-dealkylation sites (N-methyl/N-ethyl adjacent to an activating group) is 1. The number of hydrogen-bond donors (Lipinski definition) is 4. The number of aliphatic hydroxyl groups is 1. The maximum Gasteiger partial charge on any atom is 0.475 e. The molecule has 0 aliphatic carbocycles. The molecule has 1 aliphatic rings. The molecule has 1 saturated heterocycles. The second-order valence-electron chi connectivity index (χ2n) is 4.15. The van der Waals surface area contributed by atoms with E-state index in [1.807, 2.05) is 0 Å². The largest absolute Gasteiger partial charge is 0.475 e. The number of nitrogens with one attached hydrogen (secondary N) is 1. The van der Waals surface area contributed by atoms with E-state index in [9.17, 15) is 14.8 Å². The molecule has 0 bridgehead atoms. The van der Waals surface area contributed by atoms with Crippen molar-refractivity contribution in [3.05, 3.63) is 0 Å². The molecule has 6 nitrogen and oxygen atoms in total. The molecule has 0 aromatic carbocycles. The van der Waals surface area contributed by atoms with Crippen LogP contribution < -0.4 is 5.32 Å². The lowest BCUT2D eigenvalue weighted by Gasteiger charge is -2.31. The van der Waals surface area contributed by atoms with E-state index in [0.29, 0.717) is 12.8 Å². The molecular weight excluding hydrogens is 211 g/mol. The molecule has 0 saturated carbocycles. The van der Waals surface area contributed by atoms with Gasteiger partial charge >= 0.3 is 7.12 Å². The van der Waals surface area contributed by atoms with Crippen LogP contribution in [-0.4, -0.2) is 64.8 Å². The summed E-state index contributed by atoms with van der Waals surface area (Å²) in [6, 6.07) is -0.705. The number of hydrogen-bond acceptors (Lipinski definition) is 5. The van der Waals surface area contributed by atoms with Crippen molar-refractivity contribution in [2.45, 2.75) is 37.8 Å². The number of aliphatic hydroxyl groups excluding tert-OH is 1. The Hall–Kier alpha value is -0.625. The van der Waals surface area contributed by atoms with Crippen molar-refractivity contribution in [3.63, 3.8) is 0 Å². The summed E-state index contributed by atoms with van der Waals surface area (Å²) in [5.74, 6) is -0.822. The summed E-state index contributed by atoms with van der Waals surface area (Å²) in [4.78, 5) is 13.4. The number of carbonyl (C=O) groups is 1. The topological polar surface area (TPSA) is 93.0 Å². The van der Waals surface area contributed by atoms with Crippen molar-refractivity contribution < 1.29 is 19.9 Å². The number of rotatable bonds is 4. The quantitative estimate of drug-likeness (QED) is 0.417. The first-order chi connectivity index (χ1) is 7.52. The fraction of sp³-hybridized carbons (Fsp3) is 0.889. The maximum atomic E-state index is 12.0. The van der Waals surface area contributed by atoms with Crippen molar-refractivity contribution in [1.82, 2.24) is 10.2 Å². The second-order valence-corrected chi connectivity index (χ2v) is 4.15. The Kier molecular flexibility index (Phi) is 4.73. The number of amides is 1. The third-order valence-corrected chi connectivity index (χ3v) is 3.16. The molecule has 1 heterocycles. The Bertz CT molecular complexity index is 252. The molecule has 7 heteroatoms. The van der Waals surface area contributed by atoms with E-state index in [0.717, 1.165) is 0 Å². The zero-order chi connectivity index (χ0) is 12.3.